The van der Waals surface area contributed by atoms with E-state index >= 15 is 0 Å². The number of thioether (sulfide) groups is 1. The molecular weight excluding hydrogens is 260 g/mol. The van der Waals surface area contributed by atoms with E-state index in [-0.39, 0.29) is 0 Å². The minimum Gasteiger partial charge on any atom is -0.497 e. The van der Waals surface area contributed by atoms with E-state index in [1.807, 2.05) is 36.7 Å². The van der Waals surface area contributed by atoms with Crippen LogP contribution in [0.15, 0.2) is 41.8 Å². The first-order chi connectivity index (χ1) is 9.30. The number of ether oxygens (including phenoxy) is 1. The van der Waals surface area contributed by atoms with Crippen LogP contribution in [0.5, 0.6) is 5.75 Å². The standard InChI is InChI=1S/C13H12N4OS/c1-18-11-5-3-4-10(6-11)17-8-9-7-14-13(19-2)15-12(9)16-17/h3-8H,1-2H3. The third kappa shape index (κ3) is 2.26. The monoisotopic (exact) mass is 272 g/mol. The highest BCUT2D eigenvalue weighted by atomic mass is 32.2. The highest BCUT2D eigenvalue weighted by Gasteiger charge is 2.06. The largest absolute Gasteiger partial charge is 0.497 e. The molecule has 0 aliphatic heterocycles. The van der Waals surface area contributed by atoms with Crippen molar-refractivity contribution in [2.24, 2.45) is 0 Å². The number of nitrogens with zero attached hydrogens (tertiary/aromatic N) is 4. The van der Waals surface area contributed by atoms with Crippen molar-refractivity contribution in [1.29, 1.82) is 0 Å². The molecule has 0 spiro atoms. The molecule has 0 aliphatic carbocycles. The summed E-state index contributed by atoms with van der Waals surface area (Å²) in [5.41, 5.74) is 1.63. The lowest BCUT2D eigenvalue weighted by molar-refractivity contribution is 0.414. The molecule has 2 aromatic heterocycles. The Balaban J connectivity index is 2.09. The molecule has 3 rings (SSSR count). The molecule has 0 fully saturated rings. The second-order valence-corrected chi connectivity index (χ2v) is 4.68. The van der Waals surface area contributed by atoms with Gasteiger partial charge in [0.25, 0.3) is 0 Å². The summed E-state index contributed by atoms with van der Waals surface area (Å²) in [6.45, 7) is 0. The summed E-state index contributed by atoms with van der Waals surface area (Å²) in [6, 6.07) is 7.73. The van der Waals surface area contributed by atoms with E-state index in [1.165, 1.54) is 11.8 Å². The average molecular weight is 272 g/mol. The maximum absolute atomic E-state index is 5.21. The molecule has 0 unspecified atom stereocenters. The lowest BCUT2D eigenvalue weighted by Crippen LogP contribution is -1.95. The molecule has 1 aromatic carbocycles. The third-order valence-corrected chi connectivity index (χ3v) is 3.30. The Morgan fingerprint density at radius 2 is 2.21 bits per heavy atom. The highest BCUT2D eigenvalue weighted by Crippen LogP contribution is 2.19. The van der Waals surface area contributed by atoms with Crippen molar-refractivity contribution in [2.45, 2.75) is 5.16 Å². The summed E-state index contributed by atoms with van der Waals surface area (Å²) in [4.78, 5) is 8.61. The summed E-state index contributed by atoms with van der Waals surface area (Å²) in [5, 5.41) is 6.11. The molecule has 0 radical (unpaired) electrons. The normalized spacial score (nSPS) is 10.8. The first-order valence-corrected chi connectivity index (χ1v) is 6.93. The molecule has 6 heteroatoms. The Morgan fingerprint density at radius 3 is 3.00 bits per heavy atom. The van der Waals surface area contributed by atoms with Crippen LogP contribution in [0.25, 0.3) is 16.7 Å². The van der Waals surface area contributed by atoms with E-state index in [2.05, 4.69) is 15.1 Å². The van der Waals surface area contributed by atoms with E-state index < -0.39 is 0 Å². The molecule has 19 heavy (non-hydrogen) atoms. The quantitative estimate of drug-likeness (QED) is 0.542. The van der Waals surface area contributed by atoms with Crippen LogP contribution >= 0.6 is 11.8 Å². The van der Waals surface area contributed by atoms with Crippen LogP contribution in [0, 0.1) is 0 Å². The summed E-state index contributed by atoms with van der Waals surface area (Å²) >= 11 is 1.50. The SMILES string of the molecule is COc1cccc(-n2cc3cnc(SC)nc3n2)c1. The number of benzene rings is 1. The minimum absolute atomic E-state index is 0.696. The van der Waals surface area contributed by atoms with Crippen LogP contribution in [0.3, 0.4) is 0 Å². The Labute approximate surface area is 114 Å². The minimum atomic E-state index is 0.696. The smallest absolute Gasteiger partial charge is 0.189 e. The maximum atomic E-state index is 5.21. The van der Waals surface area contributed by atoms with Gasteiger partial charge in [-0.2, -0.15) is 0 Å². The van der Waals surface area contributed by atoms with Gasteiger partial charge in [-0.05, 0) is 18.4 Å². The van der Waals surface area contributed by atoms with E-state index in [1.54, 1.807) is 18.0 Å². The van der Waals surface area contributed by atoms with Gasteiger partial charge in [0.15, 0.2) is 10.8 Å². The maximum Gasteiger partial charge on any atom is 0.189 e. The van der Waals surface area contributed by atoms with E-state index in [4.69, 9.17) is 4.74 Å². The number of aromatic nitrogens is 4. The lowest BCUT2D eigenvalue weighted by Gasteiger charge is -2.03. The van der Waals surface area contributed by atoms with Crippen LogP contribution in [0.4, 0.5) is 0 Å². The van der Waals surface area contributed by atoms with Gasteiger partial charge in [0.05, 0.1) is 18.2 Å². The van der Waals surface area contributed by atoms with E-state index in [0.29, 0.717) is 5.65 Å². The van der Waals surface area contributed by atoms with Gasteiger partial charge in [-0.1, -0.05) is 17.8 Å². The zero-order chi connectivity index (χ0) is 13.2. The Bertz CT molecular complexity index is 725. The number of fused-ring (bicyclic) bond motifs is 1. The van der Waals surface area contributed by atoms with Crippen LogP contribution in [0.2, 0.25) is 0 Å². The van der Waals surface area contributed by atoms with E-state index in [9.17, 15) is 0 Å². The van der Waals surface area contributed by atoms with Crippen molar-refractivity contribution in [3.05, 3.63) is 36.7 Å². The molecule has 0 atom stereocenters. The fourth-order valence-electron chi connectivity index (χ4n) is 1.78. The Morgan fingerprint density at radius 1 is 1.32 bits per heavy atom. The molecule has 0 saturated carbocycles. The zero-order valence-electron chi connectivity index (χ0n) is 10.6. The van der Waals surface area contributed by atoms with Gasteiger partial charge in [0.1, 0.15) is 5.75 Å². The molecular formula is C13H12N4OS. The second kappa shape index (κ2) is 4.89. The molecule has 5 nitrogen and oxygen atoms in total. The summed E-state index contributed by atoms with van der Waals surface area (Å²) in [5.74, 6) is 0.799. The zero-order valence-corrected chi connectivity index (χ0v) is 11.4. The number of hydrogen-bond acceptors (Lipinski definition) is 5. The van der Waals surface area contributed by atoms with Crippen molar-refractivity contribution in [3.63, 3.8) is 0 Å². The summed E-state index contributed by atoms with van der Waals surface area (Å²) < 4.78 is 7.00. The van der Waals surface area contributed by atoms with Gasteiger partial charge in [0, 0.05) is 18.5 Å². The van der Waals surface area contributed by atoms with Gasteiger partial charge in [0.2, 0.25) is 0 Å². The Hall–Kier alpha value is -2.08. The predicted octanol–water partition coefficient (Wildman–Crippen LogP) is 2.55. The van der Waals surface area contributed by atoms with Crippen LogP contribution in [-0.4, -0.2) is 33.1 Å². The predicted molar refractivity (Wildman–Crippen MR) is 75.0 cm³/mol. The fourth-order valence-corrected chi connectivity index (χ4v) is 2.12. The number of rotatable bonds is 3. The van der Waals surface area contributed by atoms with Gasteiger partial charge < -0.3 is 4.74 Å². The topological polar surface area (TPSA) is 52.8 Å². The molecule has 3 aromatic rings. The van der Waals surface area contributed by atoms with Crippen LogP contribution in [-0.2, 0) is 0 Å². The van der Waals surface area contributed by atoms with Crippen molar-refractivity contribution < 1.29 is 4.74 Å². The Kier molecular flexibility index (Phi) is 3.08. The fraction of sp³-hybridized carbons (Fsp3) is 0.154. The van der Waals surface area contributed by atoms with Crippen molar-refractivity contribution in [2.75, 3.05) is 13.4 Å². The average Bonchev–Trinajstić information content (AvgIpc) is 2.90. The molecule has 0 aliphatic rings. The lowest BCUT2D eigenvalue weighted by atomic mass is 10.3. The second-order valence-electron chi connectivity index (χ2n) is 3.91. The molecule has 2 heterocycles. The highest BCUT2D eigenvalue weighted by molar-refractivity contribution is 7.98. The number of hydrogen-bond donors (Lipinski definition) is 0. The molecule has 0 saturated heterocycles. The first kappa shape index (κ1) is 12.0. The molecule has 0 bridgehead atoms. The van der Waals surface area contributed by atoms with Crippen molar-refractivity contribution in [3.8, 4) is 11.4 Å². The molecule has 0 amide bonds. The van der Waals surface area contributed by atoms with Gasteiger partial charge in [-0.25, -0.2) is 14.6 Å². The van der Waals surface area contributed by atoms with Crippen LogP contribution in [0.1, 0.15) is 0 Å². The van der Waals surface area contributed by atoms with Gasteiger partial charge >= 0.3 is 0 Å². The summed E-state index contributed by atoms with van der Waals surface area (Å²) in [6.07, 6.45) is 5.65. The van der Waals surface area contributed by atoms with Crippen molar-refractivity contribution >= 4 is 22.8 Å². The van der Waals surface area contributed by atoms with Crippen molar-refractivity contribution in [1.82, 2.24) is 19.7 Å². The summed E-state index contributed by atoms with van der Waals surface area (Å²) in [7, 11) is 1.65. The number of methoxy groups -OCH3 is 1. The first-order valence-electron chi connectivity index (χ1n) is 5.71. The van der Waals surface area contributed by atoms with Gasteiger partial charge in [-0.3, -0.25) is 0 Å². The molecule has 0 N–H and O–H groups in total. The van der Waals surface area contributed by atoms with E-state index in [0.717, 1.165) is 22.0 Å². The third-order valence-electron chi connectivity index (χ3n) is 2.74. The van der Waals surface area contributed by atoms with Gasteiger partial charge in [-0.15, -0.1) is 5.10 Å². The molecule has 96 valence electrons. The van der Waals surface area contributed by atoms with Crippen LogP contribution < -0.4 is 4.74 Å².